The van der Waals surface area contributed by atoms with Crippen LogP contribution in [0.4, 0.5) is 0 Å². The Balaban J connectivity index is 3.25. The number of phenols is 1. The molecule has 2 N–H and O–H groups in total. The van der Waals surface area contributed by atoms with Crippen LogP contribution in [0.25, 0.3) is 0 Å². The number of benzene rings is 1. The molecule has 0 amide bonds. The van der Waals surface area contributed by atoms with Crippen LogP contribution in [-0.4, -0.2) is 23.3 Å². The predicted octanol–water partition coefficient (Wildman–Crippen LogP) is 2.63. The van der Waals surface area contributed by atoms with Crippen molar-refractivity contribution < 1.29 is 19.7 Å². The normalized spacial score (nSPS) is 12.2. The lowest BCUT2D eigenvalue weighted by molar-refractivity contribution is -0.138. The lowest BCUT2D eigenvalue weighted by Gasteiger charge is -2.14. The maximum atomic E-state index is 11.0. The van der Waals surface area contributed by atoms with Crippen LogP contribution in [-0.2, 0) is 4.79 Å². The van der Waals surface area contributed by atoms with Gasteiger partial charge in [0.1, 0.15) is 16.5 Å². The average Bonchev–Trinajstić information content (AvgIpc) is 2.25. The van der Waals surface area contributed by atoms with Gasteiger partial charge in [0.15, 0.2) is 0 Å². The molecule has 0 bridgehead atoms. The number of carboxylic acid groups (broad SMARTS) is 1. The highest BCUT2D eigenvalue weighted by molar-refractivity contribution is 6.33. The molecule has 16 heavy (non-hydrogen) atoms. The Bertz CT molecular complexity index is 403. The maximum absolute atomic E-state index is 11.0. The van der Waals surface area contributed by atoms with Crippen molar-refractivity contribution in [3.05, 3.63) is 22.7 Å². The topological polar surface area (TPSA) is 66.8 Å². The van der Waals surface area contributed by atoms with Gasteiger partial charge in [-0.05, 0) is 12.5 Å². The van der Waals surface area contributed by atoms with E-state index >= 15 is 0 Å². The highest BCUT2D eigenvalue weighted by atomic mass is 35.5. The van der Waals surface area contributed by atoms with Crippen molar-refractivity contribution in [3.63, 3.8) is 0 Å². The van der Waals surface area contributed by atoms with Crippen LogP contribution in [0.15, 0.2) is 12.1 Å². The van der Waals surface area contributed by atoms with Crippen molar-refractivity contribution in [3.8, 4) is 11.5 Å². The molecule has 0 saturated carbocycles. The molecule has 88 valence electrons. The number of methoxy groups -OCH3 is 1. The van der Waals surface area contributed by atoms with Crippen molar-refractivity contribution >= 4 is 17.6 Å². The second-order valence-electron chi connectivity index (χ2n) is 3.32. The van der Waals surface area contributed by atoms with E-state index in [0.29, 0.717) is 17.7 Å². The summed E-state index contributed by atoms with van der Waals surface area (Å²) >= 11 is 5.84. The van der Waals surface area contributed by atoms with Gasteiger partial charge in [-0.15, -0.1) is 0 Å². The van der Waals surface area contributed by atoms with Gasteiger partial charge in [-0.1, -0.05) is 24.6 Å². The lowest BCUT2D eigenvalue weighted by atomic mass is 9.95. The highest BCUT2D eigenvalue weighted by Gasteiger charge is 2.23. The zero-order valence-corrected chi connectivity index (χ0v) is 9.78. The van der Waals surface area contributed by atoms with E-state index in [-0.39, 0.29) is 10.8 Å². The second kappa shape index (κ2) is 5.07. The molecule has 1 aromatic carbocycles. The first-order valence-corrected chi connectivity index (χ1v) is 5.18. The zero-order chi connectivity index (χ0) is 12.3. The fourth-order valence-corrected chi connectivity index (χ4v) is 1.78. The van der Waals surface area contributed by atoms with Gasteiger partial charge in [-0.3, -0.25) is 4.79 Å². The number of rotatable bonds is 4. The molecule has 0 radical (unpaired) electrons. The molecule has 5 heteroatoms. The summed E-state index contributed by atoms with van der Waals surface area (Å²) in [6.07, 6.45) is 0.381. The number of carbonyl (C=O) groups is 1. The first-order valence-electron chi connectivity index (χ1n) is 4.81. The molecule has 1 atom stereocenters. The van der Waals surface area contributed by atoms with Crippen LogP contribution in [0, 0.1) is 0 Å². The van der Waals surface area contributed by atoms with E-state index in [1.54, 1.807) is 13.0 Å². The number of halogens is 1. The van der Waals surface area contributed by atoms with Crippen LogP contribution in [0.2, 0.25) is 5.02 Å². The molecule has 1 rings (SSSR count). The quantitative estimate of drug-likeness (QED) is 0.855. The Morgan fingerprint density at radius 2 is 2.19 bits per heavy atom. The van der Waals surface area contributed by atoms with Gasteiger partial charge in [0.2, 0.25) is 0 Å². The van der Waals surface area contributed by atoms with E-state index in [1.807, 2.05) is 0 Å². The summed E-state index contributed by atoms with van der Waals surface area (Å²) < 4.78 is 4.92. The number of aromatic hydroxyl groups is 1. The summed E-state index contributed by atoms with van der Waals surface area (Å²) in [5.74, 6) is -1.65. The monoisotopic (exact) mass is 244 g/mol. The van der Waals surface area contributed by atoms with Crippen LogP contribution >= 0.6 is 11.6 Å². The molecule has 0 aliphatic carbocycles. The third kappa shape index (κ3) is 2.22. The van der Waals surface area contributed by atoms with Crippen molar-refractivity contribution in [1.29, 1.82) is 0 Å². The van der Waals surface area contributed by atoms with Crippen molar-refractivity contribution in [2.75, 3.05) is 7.11 Å². The number of phenolic OH excluding ortho intramolecular Hbond substituents is 1. The molecular weight excluding hydrogens is 232 g/mol. The third-order valence-corrected chi connectivity index (χ3v) is 2.78. The molecule has 0 spiro atoms. The minimum Gasteiger partial charge on any atom is -0.506 e. The van der Waals surface area contributed by atoms with E-state index in [1.165, 1.54) is 13.2 Å². The number of carboxylic acids is 1. The summed E-state index contributed by atoms with van der Waals surface area (Å²) in [4.78, 5) is 11.0. The van der Waals surface area contributed by atoms with Gasteiger partial charge in [0.05, 0.1) is 13.0 Å². The Labute approximate surface area is 98.4 Å². The van der Waals surface area contributed by atoms with Gasteiger partial charge in [0, 0.05) is 5.56 Å². The Morgan fingerprint density at radius 1 is 1.56 bits per heavy atom. The fraction of sp³-hybridized carbons (Fsp3) is 0.364. The van der Waals surface area contributed by atoms with E-state index < -0.39 is 11.9 Å². The molecule has 0 aromatic heterocycles. The predicted molar refractivity (Wildman–Crippen MR) is 60.3 cm³/mol. The highest BCUT2D eigenvalue weighted by Crippen LogP contribution is 2.39. The Morgan fingerprint density at radius 3 is 2.62 bits per heavy atom. The average molecular weight is 245 g/mol. The molecule has 0 heterocycles. The third-order valence-electron chi connectivity index (χ3n) is 2.41. The molecule has 0 aliphatic rings. The minimum atomic E-state index is -0.987. The molecule has 0 aliphatic heterocycles. The van der Waals surface area contributed by atoms with E-state index in [9.17, 15) is 9.90 Å². The fourth-order valence-electron chi connectivity index (χ4n) is 1.53. The largest absolute Gasteiger partial charge is 0.506 e. The van der Waals surface area contributed by atoms with E-state index in [4.69, 9.17) is 21.4 Å². The summed E-state index contributed by atoms with van der Waals surface area (Å²) in [5.41, 5.74) is 0.306. The summed E-state index contributed by atoms with van der Waals surface area (Å²) in [6, 6.07) is 3.06. The molecule has 1 aromatic rings. The van der Waals surface area contributed by atoms with Crippen LogP contribution in [0.1, 0.15) is 24.8 Å². The summed E-state index contributed by atoms with van der Waals surface area (Å²) in [6.45, 7) is 1.73. The molecule has 0 saturated heterocycles. The molecule has 1 unspecified atom stereocenters. The summed E-state index contributed by atoms with van der Waals surface area (Å²) in [7, 11) is 1.43. The second-order valence-corrected chi connectivity index (χ2v) is 3.70. The first kappa shape index (κ1) is 12.6. The number of hydrogen-bond acceptors (Lipinski definition) is 3. The van der Waals surface area contributed by atoms with E-state index in [0.717, 1.165) is 0 Å². The SMILES string of the molecule is CCC(C(=O)O)c1ccc(OC)c(Cl)c1O. The Hall–Kier alpha value is -1.42. The van der Waals surface area contributed by atoms with Gasteiger partial charge < -0.3 is 14.9 Å². The minimum absolute atomic E-state index is 0.0414. The van der Waals surface area contributed by atoms with Crippen molar-refractivity contribution in [1.82, 2.24) is 0 Å². The van der Waals surface area contributed by atoms with Gasteiger partial charge >= 0.3 is 5.97 Å². The summed E-state index contributed by atoms with van der Waals surface area (Å²) in [5, 5.41) is 18.8. The van der Waals surface area contributed by atoms with Crippen LogP contribution in [0.3, 0.4) is 0 Å². The molecule has 0 fully saturated rings. The zero-order valence-electron chi connectivity index (χ0n) is 9.03. The Kier molecular flexibility index (Phi) is 4.01. The number of ether oxygens (including phenoxy) is 1. The van der Waals surface area contributed by atoms with Gasteiger partial charge in [-0.25, -0.2) is 0 Å². The van der Waals surface area contributed by atoms with E-state index in [2.05, 4.69) is 0 Å². The standard InChI is InChI=1S/C11H13ClO4/c1-3-6(11(14)15)7-4-5-8(16-2)9(12)10(7)13/h4-6,13H,3H2,1-2H3,(H,14,15). The van der Waals surface area contributed by atoms with Crippen LogP contribution < -0.4 is 4.74 Å². The maximum Gasteiger partial charge on any atom is 0.311 e. The smallest absolute Gasteiger partial charge is 0.311 e. The van der Waals surface area contributed by atoms with Crippen molar-refractivity contribution in [2.45, 2.75) is 19.3 Å². The molecule has 4 nitrogen and oxygen atoms in total. The van der Waals surface area contributed by atoms with Gasteiger partial charge in [0.25, 0.3) is 0 Å². The number of hydrogen-bond donors (Lipinski definition) is 2. The van der Waals surface area contributed by atoms with Crippen molar-refractivity contribution in [2.24, 2.45) is 0 Å². The molecular formula is C11H13ClO4. The number of aliphatic carboxylic acids is 1. The van der Waals surface area contributed by atoms with Gasteiger partial charge in [-0.2, -0.15) is 0 Å². The first-order chi connectivity index (χ1) is 7.52. The van der Waals surface area contributed by atoms with Crippen LogP contribution in [0.5, 0.6) is 11.5 Å². The lowest BCUT2D eigenvalue weighted by Crippen LogP contribution is -2.10.